The quantitative estimate of drug-likeness (QED) is 0.701. The predicted molar refractivity (Wildman–Crippen MR) is 96.0 cm³/mol. The van der Waals surface area contributed by atoms with Crippen LogP contribution in [-0.4, -0.2) is 38.2 Å². The second-order valence-electron chi connectivity index (χ2n) is 5.95. The molecule has 0 atom stereocenters. The summed E-state index contributed by atoms with van der Waals surface area (Å²) in [7, 11) is -1.42. The third kappa shape index (κ3) is 3.93. The molecule has 0 spiro atoms. The van der Waals surface area contributed by atoms with Crippen LogP contribution in [0.2, 0.25) is 0 Å². The summed E-state index contributed by atoms with van der Waals surface area (Å²) >= 11 is 0. The summed E-state index contributed by atoms with van der Waals surface area (Å²) in [6, 6.07) is 11.2. The second kappa shape index (κ2) is 6.76. The number of sulfone groups is 1. The van der Waals surface area contributed by atoms with E-state index in [0.29, 0.717) is 29.7 Å². The van der Waals surface area contributed by atoms with Gasteiger partial charge in [0.05, 0.1) is 10.4 Å². The topological polar surface area (TPSA) is 63.2 Å². The number of likely N-dealkylation sites (N-methyl/N-ethyl adjacent to an activating group) is 1. The Balaban J connectivity index is 1.89. The first-order chi connectivity index (χ1) is 11.8. The van der Waals surface area contributed by atoms with Gasteiger partial charge in [0, 0.05) is 25.2 Å². The van der Waals surface area contributed by atoms with E-state index in [0.717, 1.165) is 5.56 Å². The summed E-state index contributed by atoms with van der Waals surface area (Å²) in [5.74, 6) is 0.407. The van der Waals surface area contributed by atoms with Gasteiger partial charge in [0.15, 0.2) is 9.84 Å². The van der Waals surface area contributed by atoms with Crippen molar-refractivity contribution in [3.63, 3.8) is 0 Å². The van der Waals surface area contributed by atoms with Crippen molar-refractivity contribution in [1.82, 2.24) is 9.97 Å². The van der Waals surface area contributed by atoms with Gasteiger partial charge in [-0.2, -0.15) is 0 Å². The summed E-state index contributed by atoms with van der Waals surface area (Å²) in [6.07, 6.45) is 3.36. The number of fused-ring (bicyclic) bond motifs is 1. The van der Waals surface area contributed by atoms with Gasteiger partial charge in [-0.05, 0) is 42.3 Å². The van der Waals surface area contributed by atoms with Crippen molar-refractivity contribution in [3.05, 3.63) is 60.2 Å². The van der Waals surface area contributed by atoms with Crippen LogP contribution in [0.3, 0.4) is 0 Å². The number of hydrogen-bond acceptors (Lipinski definition) is 5. The van der Waals surface area contributed by atoms with Crippen LogP contribution in [0.15, 0.2) is 53.7 Å². The Hall–Kier alpha value is -2.54. The Morgan fingerprint density at radius 3 is 2.48 bits per heavy atom. The van der Waals surface area contributed by atoms with E-state index in [-0.39, 0.29) is 10.7 Å². The molecular formula is C18H18FN3O2S. The zero-order valence-corrected chi connectivity index (χ0v) is 14.8. The van der Waals surface area contributed by atoms with E-state index in [1.54, 1.807) is 30.3 Å². The van der Waals surface area contributed by atoms with Crippen LogP contribution in [0.5, 0.6) is 0 Å². The Labute approximate surface area is 146 Å². The van der Waals surface area contributed by atoms with Gasteiger partial charge in [-0.1, -0.05) is 12.1 Å². The number of aromatic nitrogens is 2. The molecule has 0 N–H and O–H groups in total. The predicted octanol–water partition coefficient (Wildman–Crippen LogP) is 2.85. The fourth-order valence-corrected chi connectivity index (χ4v) is 3.26. The number of hydrogen-bond donors (Lipinski definition) is 0. The molecule has 0 bridgehead atoms. The third-order valence-electron chi connectivity index (χ3n) is 4.02. The molecule has 130 valence electrons. The van der Waals surface area contributed by atoms with Crippen LogP contribution < -0.4 is 4.90 Å². The molecule has 0 aliphatic carbocycles. The van der Waals surface area contributed by atoms with Crippen molar-refractivity contribution < 1.29 is 12.8 Å². The van der Waals surface area contributed by atoms with E-state index < -0.39 is 9.84 Å². The Morgan fingerprint density at radius 2 is 1.80 bits per heavy atom. The highest BCUT2D eigenvalue weighted by molar-refractivity contribution is 7.90. The standard InChI is InChI=1S/C18H18FN3O2S/c1-22(10-9-13-3-5-14(19)6-4-13)18-16-11-15(25(2,23)24)7-8-17(16)20-12-21-18/h3-8,11-12H,9-10H2,1-2H3. The van der Waals surface area contributed by atoms with E-state index in [9.17, 15) is 12.8 Å². The Bertz CT molecular complexity index is 1000. The van der Waals surface area contributed by atoms with E-state index in [1.165, 1.54) is 24.7 Å². The van der Waals surface area contributed by atoms with E-state index in [4.69, 9.17) is 0 Å². The van der Waals surface area contributed by atoms with Crippen molar-refractivity contribution in [2.75, 3.05) is 24.7 Å². The number of rotatable bonds is 5. The lowest BCUT2D eigenvalue weighted by atomic mass is 10.1. The van der Waals surface area contributed by atoms with Crippen LogP contribution >= 0.6 is 0 Å². The molecule has 7 heteroatoms. The van der Waals surface area contributed by atoms with Gasteiger partial charge in [0.2, 0.25) is 0 Å². The maximum absolute atomic E-state index is 13.0. The largest absolute Gasteiger partial charge is 0.359 e. The molecule has 5 nitrogen and oxygen atoms in total. The molecule has 25 heavy (non-hydrogen) atoms. The first kappa shape index (κ1) is 17.3. The lowest BCUT2D eigenvalue weighted by Crippen LogP contribution is -2.22. The molecule has 3 rings (SSSR count). The van der Waals surface area contributed by atoms with Crippen LogP contribution in [0.1, 0.15) is 5.56 Å². The number of halogens is 1. The maximum atomic E-state index is 13.0. The molecule has 1 aromatic heterocycles. The van der Waals surface area contributed by atoms with Gasteiger partial charge in [-0.3, -0.25) is 0 Å². The van der Waals surface area contributed by atoms with Gasteiger partial charge in [-0.25, -0.2) is 22.8 Å². The molecule has 0 aliphatic heterocycles. The van der Waals surface area contributed by atoms with Gasteiger partial charge in [0.1, 0.15) is 18.0 Å². The molecule has 2 aromatic carbocycles. The average molecular weight is 359 g/mol. The normalized spacial score (nSPS) is 11.6. The summed E-state index contributed by atoms with van der Waals surface area (Å²) in [6.45, 7) is 0.654. The smallest absolute Gasteiger partial charge is 0.175 e. The molecule has 1 heterocycles. The number of benzene rings is 2. The average Bonchev–Trinajstić information content (AvgIpc) is 2.59. The highest BCUT2D eigenvalue weighted by Gasteiger charge is 2.13. The molecule has 0 fully saturated rings. The third-order valence-corrected chi connectivity index (χ3v) is 5.13. The zero-order valence-electron chi connectivity index (χ0n) is 14.0. The molecule has 0 amide bonds. The van der Waals surface area contributed by atoms with Crippen molar-refractivity contribution in [1.29, 1.82) is 0 Å². The fraction of sp³-hybridized carbons (Fsp3) is 0.222. The van der Waals surface area contributed by atoms with Crippen LogP contribution in [-0.2, 0) is 16.3 Å². The molecule has 3 aromatic rings. The van der Waals surface area contributed by atoms with Gasteiger partial charge in [0.25, 0.3) is 0 Å². The van der Waals surface area contributed by atoms with Gasteiger partial charge in [-0.15, -0.1) is 0 Å². The Morgan fingerprint density at radius 1 is 1.08 bits per heavy atom. The van der Waals surface area contributed by atoms with E-state index in [1.807, 2.05) is 11.9 Å². The SMILES string of the molecule is CN(CCc1ccc(F)cc1)c1ncnc2ccc(S(C)(=O)=O)cc12. The lowest BCUT2D eigenvalue weighted by molar-refractivity contribution is 0.602. The summed E-state index contributed by atoms with van der Waals surface area (Å²) in [4.78, 5) is 10.7. The second-order valence-corrected chi connectivity index (χ2v) is 7.96. The lowest BCUT2D eigenvalue weighted by Gasteiger charge is -2.20. The fourth-order valence-electron chi connectivity index (χ4n) is 2.61. The van der Waals surface area contributed by atoms with Gasteiger partial charge < -0.3 is 4.90 Å². The zero-order chi connectivity index (χ0) is 18.0. The Kier molecular flexibility index (Phi) is 4.67. The van der Waals surface area contributed by atoms with Gasteiger partial charge >= 0.3 is 0 Å². The van der Waals surface area contributed by atoms with Crippen molar-refractivity contribution >= 4 is 26.6 Å². The van der Waals surface area contributed by atoms with Crippen molar-refractivity contribution in [3.8, 4) is 0 Å². The number of anilines is 1. The maximum Gasteiger partial charge on any atom is 0.175 e. The minimum Gasteiger partial charge on any atom is -0.359 e. The van der Waals surface area contributed by atoms with Crippen LogP contribution in [0.25, 0.3) is 10.9 Å². The molecule has 0 unspecified atom stereocenters. The molecule has 0 saturated heterocycles. The van der Waals surface area contributed by atoms with Crippen molar-refractivity contribution in [2.24, 2.45) is 0 Å². The summed E-state index contributed by atoms with van der Waals surface area (Å²) in [5, 5.41) is 0.687. The monoisotopic (exact) mass is 359 g/mol. The summed E-state index contributed by atoms with van der Waals surface area (Å²) < 4.78 is 36.6. The van der Waals surface area contributed by atoms with Crippen LogP contribution in [0, 0.1) is 5.82 Å². The molecule has 0 saturated carbocycles. The minimum absolute atomic E-state index is 0.239. The first-order valence-electron chi connectivity index (χ1n) is 7.75. The highest BCUT2D eigenvalue weighted by Crippen LogP contribution is 2.25. The van der Waals surface area contributed by atoms with E-state index in [2.05, 4.69) is 9.97 Å². The minimum atomic E-state index is -3.31. The van der Waals surface area contributed by atoms with Crippen molar-refractivity contribution in [2.45, 2.75) is 11.3 Å². The molecular weight excluding hydrogens is 341 g/mol. The van der Waals surface area contributed by atoms with E-state index >= 15 is 0 Å². The first-order valence-corrected chi connectivity index (χ1v) is 9.64. The number of nitrogens with zero attached hydrogens (tertiary/aromatic N) is 3. The molecule has 0 aliphatic rings. The summed E-state index contributed by atoms with van der Waals surface area (Å²) in [5.41, 5.74) is 1.70. The van der Waals surface area contributed by atoms with Crippen LogP contribution in [0.4, 0.5) is 10.2 Å². The molecule has 0 radical (unpaired) electrons. The highest BCUT2D eigenvalue weighted by atomic mass is 32.2.